The molecule has 1 heterocycles. The van der Waals surface area contributed by atoms with Crippen LogP contribution in [0, 0.1) is 0 Å². The molecular formula is C12H13ClN2O2. The second kappa shape index (κ2) is 5.82. The highest BCUT2D eigenvalue weighted by molar-refractivity contribution is 6.30. The highest BCUT2D eigenvalue weighted by Crippen LogP contribution is 2.13. The van der Waals surface area contributed by atoms with Gasteiger partial charge in [-0.25, -0.2) is 4.68 Å². The maximum Gasteiger partial charge on any atom is 0.0748 e. The normalized spacial score (nSPS) is 10.7. The van der Waals surface area contributed by atoms with Gasteiger partial charge in [-0.05, 0) is 24.3 Å². The van der Waals surface area contributed by atoms with Gasteiger partial charge in [0.25, 0.3) is 0 Å². The molecule has 0 saturated heterocycles. The van der Waals surface area contributed by atoms with E-state index in [2.05, 4.69) is 5.10 Å². The summed E-state index contributed by atoms with van der Waals surface area (Å²) in [5, 5.41) is 13.5. The zero-order chi connectivity index (χ0) is 12.1. The third-order valence-corrected chi connectivity index (χ3v) is 2.48. The molecule has 90 valence electrons. The van der Waals surface area contributed by atoms with E-state index in [1.165, 1.54) is 0 Å². The Hall–Kier alpha value is -1.36. The fourth-order valence-electron chi connectivity index (χ4n) is 1.42. The molecule has 1 aromatic heterocycles. The van der Waals surface area contributed by atoms with Crippen molar-refractivity contribution in [2.45, 2.75) is 6.61 Å². The van der Waals surface area contributed by atoms with E-state index in [9.17, 15) is 0 Å². The summed E-state index contributed by atoms with van der Waals surface area (Å²) in [6.45, 7) is 0.825. The molecule has 1 N–H and O–H groups in total. The van der Waals surface area contributed by atoms with E-state index in [0.29, 0.717) is 18.2 Å². The Morgan fingerprint density at radius 1 is 1.29 bits per heavy atom. The van der Waals surface area contributed by atoms with Crippen LogP contribution in [-0.4, -0.2) is 28.1 Å². The zero-order valence-corrected chi connectivity index (χ0v) is 9.97. The van der Waals surface area contributed by atoms with Crippen molar-refractivity contribution < 1.29 is 9.84 Å². The number of aliphatic hydroxyl groups is 1. The summed E-state index contributed by atoms with van der Waals surface area (Å²) < 4.78 is 6.97. The molecule has 2 aromatic rings. The van der Waals surface area contributed by atoms with Crippen molar-refractivity contribution in [2.75, 3.05) is 13.2 Å². The van der Waals surface area contributed by atoms with Crippen LogP contribution in [0.3, 0.4) is 0 Å². The number of ether oxygens (including phenoxy) is 1. The molecule has 17 heavy (non-hydrogen) atoms. The minimum atomic E-state index is 0.0331. The minimum Gasteiger partial charge on any atom is -0.394 e. The van der Waals surface area contributed by atoms with Crippen molar-refractivity contribution in [1.82, 2.24) is 9.78 Å². The van der Waals surface area contributed by atoms with Crippen LogP contribution in [-0.2, 0) is 11.3 Å². The molecule has 4 nitrogen and oxygen atoms in total. The van der Waals surface area contributed by atoms with Crippen molar-refractivity contribution >= 4 is 11.6 Å². The molecular weight excluding hydrogens is 240 g/mol. The molecule has 0 bridgehead atoms. The fourth-order valence-corrected chi connectivity index (χ4v) is 1.55. The Bertz CT molecular complexity index is 468. The van der Waals surface area contributed by atoms with Crippen molar-refractivity contribution in [3.05, 3.63) is 47.2 Å². The van der Waals surface area contributed by atoms with Gasteiger partial charge in [0.1, 0.15) is 0 Å². The first-order valence-electron chi connectivity index (χ1n) is 5.27. The van der Waals surface area contributed by atoms with Crippen LogP contribution in [0.2, 0.25) is 5.02 Å². The number of hydrogen-bond acceptors (Lipinski definition) is 3. The number of aliphatic hydroxyl groups excluding tert-OH is 1. The number of benzene rings is 1. The van der Waals surface area contributed by atoms with Crippen molar-refractivity contribution in [3.63, 3.8) is 0 Å². The Balaban J connectivity index is 2.04. The average Bonchev–Trinajstić information content (AvgIpc) is 2.79. The SMILES string of the molecule is OCCOCc1cnn(-c2ccc(Cl)cc2)c1. The van der Waals surface area contributed by atoms with E-state index in [1.54, 1.807) is 10.9 Å². The molecule has 0 atom stereocenters. The monoisotopic (exact) mass is 252 g/mol. The molecule has 5 heteroatoms. The summed E-state index contributed by atoms with van der Waals surface area (Å²) in [7, 11) is 0. The maximum absolute atomic E-state index is 8.60. The van der Waals surface area contributed by atoms with Gasteiger partial charge in [0, 0.05) is 16.8 Å². The molecule has 0 unspecified atom stereocenters. The van der Waals surface area contributed by atoms with Gasteiger partial charge in [-0.2, -0.15) is 5.10 Å². The lowest BCUT2D eigenvalue weighted by atomic mass is 10.3. The van der Waals surface area contributed by atoms with Crippen LogP contribution < -0.4 is 0 Å². The largest absolute Gasteiger partial charge is 0.394 e. The Morgan fingerprint density at radius 2 is 2.06 bits per heavy atom. The van der Waals surface area contributed by atoms with Gasteiger partial charge in [0.15, 0.2) is 0 Å². The highest BCUT2D eigenvalue weighted by Gasteiger charge is 2.01. The first-order valence-corrected chi connectivity index (χ1v) is 5.65. The van der Waals surface area contributed by atoms with E-state index < -0.39 is 0 Å². The number of nitrogens with zero attached hydrogens (tertiary/aromatic N) is 2. The summed E-state index contributed by atoms with van der Waals surface area (Å²) >= 11 is 5.82. The maximum atomic E-state index is 8.60. The van der Waals surface area contributed by atoms with Crippen molar-refractivity contribution in [1.29, 1.82) is 0 Å². The zero-order valence-electron chi connectivity index (χ0n) is 9.21. The van der Waals surface area contributed by atoms with Gasteiger partial charge < -0.3 is 9.84 Å². The van der Waals surface area contributed by atoms with Crippen molar-refractivity contribution in [2.24, 2.45) is 0 Å². The number of halogens is 1. The average molecular weight is 253 g/mol. The molecule has 2 rings (SSSR count). The molecule has 0 aliphatic carbocycles. The van der Waals surface area contributed by atoms with Gasteiger partial charge in [0.2, 0.25) is 0 Å². The predicted octanol–water partition coefficient (Wildman–Crippen LogP) is 2.03. The van der Waals surface area contributed by atoms with Crippen LogP contribution in [0.1, 0.15) is 5.56 Å². The van der Waals surface area contributed by atoms with Crippen LogP contribution in [0.5, 0.6) is 0 Å². The van der Waals surface area contributed by atoms with E-state index in [4.69, 9.17) is 21.4 Å². The minimum absolute atomic E-state index is 0.0331. The molecule has 0 aliphatic rings. The third-order valence-electron chi connectivity index (χ3n) is 2.23. The second-order valence-electron chi connectivity index (χ2n) is 3.55. The summed E-state index contributed by atoms with van der Waals surface area (Å²) in [6, 6.07) is 7.43. The molecule has 0 spiro atoms. The van der Waals surface area contributed by atoms with E-state index in [-0.39, 0.29) is 6.61 Å². The summed E-state index contributed by atoms with van der Waals surface area (Å²) in [4.78, 5) is 0. The lowest BCUT2D eigenvalue weighted by Crippen LogP contribution is -1.98. The van der Waals surface area contributed by atoms with Gasteiger partial charge >= 0.3 is 0 Å². The standard InChI is InChI=1S/C12H13ClN2O2/c13-11-1-3-12(4-2-11)15-8-10(7-14-15)9-17-6-5-16/h1-4,7-8,16H,5-6,9H2. The Labute approximate surface area is 104 Å². The lowest BCUT2D eigenvalue weighted by Gasteiger charge is -2.00. The Morgan fingerprint density at radius 3 is 2.76 bits per heavy atom. The van der Waals surface area contributed by atoms with Gasteiger partial charge in [0.05, 0.1) is 31.7 Å². The number of hydrogen-bond donors (Lipinski definition) is 1. The molecule has 0 amide bonds. The first kappa shape index (κ1) is 12.1. The van der Waals surface area contributed by atoms with Gasteiger partial charge in [-0.15, -0.1) is 0 Å². The lowest BCUT2D eigenvalue weighted by molar-refractivity contribution is 0.0815. The van der Waals surface area contributed by atoms with Gasteiger partial charge in [-0.1, -0.05) is 11.6 Å². The van der Waals surface area contributed by atoms with Crippen LogP contribution in [0.25, 0.3) is 5.69 Å². The topological polar surface area (TPSA) is 47.3 Å². The van der Waals surface area contributed by atoms with E-state index >= 15 is 0 Å². The van der Waals surface area contributed by atoms with Gasteiger partial charge in [-0.3, -0.25) is 0 Å². The highest BCUT2D eigenvalue weighted by atomic mass is 35.5. The molecule has 1 aromatic carbocycles. The quantitative estimate of drug-likeness (QED) is 0.829. The summed E-state index contributed by atoms with van der Waals surface area (Å²) in [5.74, 6) is 0. The third kappa shape index (κ3) is 3.30. The molecule has 0 saturated carbocycles. The van der Waals surface area contributed by atoms with E-state index in [1.807, 2.05) is 30.5 Å². The van der Waals surface area contributed by atoms with Crippen LogP contribution in [0.15, 0.2) is 36.7 Å². The molecule has 0 radical (unpaired) electrons. The fraction of sp³-hybridized carbons (Fsp3) is 0.250. The molecule has 0 aliphatic heterocycles. The van der Waals surface area contributed by atoms with Crippen LogP contribution in [0.4, 0.5) is 0 Å². The predicted molar refractivity (Wildman–Crippen MR) is 65.3 cm³/mol. The van der Waals surface area contributed by atoms with E-state index in [0.717, 1.165) is 11.3 Å². The van der Waals surface area contributed by atoms with Crippen molar-refractivity contribution in [3.8, 4) is 5.69 Å². The summed E-state index contributed by atoms with van der Waals surface area (Å²) in [6.07, 6.45) is 3.63. The van der Waals surface area contributed by atoms with Crippen LogP contribution >= 0.6 is 11.6 Å². The Kier molecular flexibility index (Phi) is 4.14. The smallest absolute Gasteiger partial charge is 0.0748 e. The molecule has 0 fully saturated rings. The second-order valence-corrected chi connectivity index (χ2v) is 3.98. The first-order chi connectivity index (χ1) is 8.29. The summed E-state index contributed by atoms with van der Waals surface area (Å²) in [5.41, 5.74) is 1.91. The number of aromatic nitrogens is 2. The number of rotatable bonds is 5.